The number of thiophene rings is 1. The molecule has 0 spiro atoms. The number of aryl methyl sites for hydroxylation is 1. The first-order valence-corrected chi connectivity index (χ1v) is 7.52. The van der Waals surface area contributed by atoms with E-state index in [2.05, 4.69) is 5.32 Å². The van der Waals surface area contributed by atoms with Crippen molar-refractivity contribution in [1.82, 2.24) is 5.32 Å². The van der Waals surface area contributed by atoms with Crippen LogP contribution in [0.15, 0.2) is 35.0 Å². The van der Waals surface area contributed by atoms with Gasteiger partial charge in [-0.15, -0.1) is 0 Å². The summed E-state index contributed by atoms with van der Waals surface area (Å²) in [6.07, 6.45) is 0.193. The zero-order valence-corrected chi connectivity index (χ0v) is 12.7. The Hall–Kier alpha value is -2.14. The number of carboxylic acid groups (broad SMARTS) is 1. The van der Waals surface area contributed by atoms with Crippen molar-refractivity contribution in [2.75, 3.05) is 0 Å². The molecule has 2 rings (SSSR count). The monoisotopic (exact) mass is 303 g/mol. The Kier molecular flexibility index (Phi) is 4.75. The highest BCUT2D eigenvalue weighted by Gasteiger charge is 2.24. The molecule has 1 unspecified atom stereocenters. The van der Waals surface area contributed by atoms with Gasteiger partial charge in [0.05, 0.1) is 6.42 Å². The molecule has 1 aromatic heterocycles. The number of carboxylic acids is 1. The van der Waals surface area contributed by atoms with Gasteiger partial charge in [0.2, 0.25) is 5.91 Å². The second-order valence-corrected chi connectivity index (χ2v) is 5.72. The number of amides is 1. The third kappa shape index (κ3) is 3.70. The number of carbonyl (C=O) groups is 2. The first-order chi connectivity index (χ1) is 9.99. The Balaban J connectivity index is 2.18. The molecule has 0 radical (unpaired) electrons. The van der Waals surface area contributed by atoms with Crippen molar-refractivity contribution in [2.45, 2.75) is 26.3 Å². The first kappa shape index (κ1) is 15.3. The maximum atomic E-state index is 12.0. The maximum absolute atomic E-state index is 12.0. The molecular weight excluding hydrogens is 286 g/mol. The van der Waals surface area contributed by atoms with Gasteiger partial charge in [0.1, 0.15) is 0 Å². The zero-order valence-electron chi connectivity index (χ0n) is 11.9. The van der Waals surface area contributed by atoms with Crippen molar-refractivity contribution in [2.24, 2.45) is 0 Å². The molecule has 1 atom stereocenters. The summed E-state index contributed by atoms with van der Waals surface area (Å²) in [6.45, 7) is 3.79. The SMILES string of the molecule is Cc1cccc(C(NC(=O)Cc2ccsc2)C(=O)O)c1C. The lowest BCUT2D eigenvalue weighted by molar-refractivity contribution is -0.142. The Bertz CT molecular complexity index is 650. The largest absolute Gasteiger partial charge is 0.479 e. The molecule has 4 nitrogen and oxygen atoms in total. The van der Waals surface area contributed by atoms with Crippen LogP contribution in [-0.2, 0) is 16.0 Å². The fraction of sp³-hybridized carbons (Fsp3) is 0.250. The predicted molar refractivity (Wildman–Crippen MR) is 82.5 cm³/mol. The topological polar surface area (TPSA) is 66.4 Å². The first-order valence-electron chi connectivity index (χ1n) is 6.58. The van der Waals surface area contributed by atoms with E-state index in [1.54, 1.807) is 12.1 Å². The van der Waals surface area contributed by atoms with Crippen molar-refractivity contribution < 1.29 is 14.7 Å². The van der Waals surface area contributed by atoms with Crippen LogP contribution in [0.3, 0.4) is 0 Å². The molecule has 2 aromatic rings. The Morgan fingerprint density at radius 2 is 2.05 bits per heavy atom. The number of hydrogen-bond donors (Lipinski definition) is 2. The lowest BCUT2D eigenvalue weighted by Crippen LogP contribution is -2.35. The highest BCUT2D eigenvalue weighted by Crippen LogP contribution is 2.21. The van der Waals surface area contributed by atoms with E-state index in [1.165, 1.54) is 11.3 Å². The maximum Gasteiger partial charge on any atom is 0.330 e. The standard InChI is InChI=1S/C16H17NO3S/c1-10-4-3-5-13(11(10)2)15(16(19)20)17-14(18)8-12-6-7-21-9-12/h3-7,9,15H,8H2,1-2H3,(H,17,18)(H,19,20). The molecule has 0 saturated carbocycles. The zero-order chi connectivity index (χ0) is 15.4. The van der Waals surface area contributed by atoms with E-state index in [0.29, 0.717) is 5.56 Å². The Morgan fingerprint density at radius 1 is 1.29 bits per heavy atom. The average molecular weight is 303 g/mol. The minimum Gasteiger partial charge on any atom is -0.479 e. The second-order valence-electron chi connectivity index (χ2n) is 4.94. The van der Waals surface area contributed by atoms with Crippen LogP contribution in [0.2, 0.25) is 0 Å². The molecule has 0 fully saturated rings. The van der Waals surface area contributed by atoms with Crippen molar-refractivity contribution in [3.8, 4) is 0 Å². The fourth-order valence-electron chi connectivity index (χ4n) is 2.15. The number of benzene rings is 1. The molecular formula is C16H17NO3S. The van der Waals surface area contributed by atoms with Gasteiger partial charge in [0, 0.05) is 0 Å². The lowest BCUT2D eigenvalue weighted by Gasteiger charge is -2.18. The summed E-state index contributed by atoms with van der Waals surface area (Å²) < 4.78 is 0. The molecule has 0 saturated heterocycles. The van der Waals surface area contributed by atoms with E-state index in [4.69, 9.17) is 0 Å². The molecule has 1 heterocycles. The van der Waals surface area contributed by atoms with Gasteiger partial charge in [0.25, 0.3) is 0 Å². The second kappa shape index (κ2) is 6.54. The van der Waals surface area contributed by atoms with Crippen LogP contribution >= 0.6 is 11.3 Å². The van der Waals surface area contributed by atoms with Crippen molar-refractivity contribution in [3.63, 3.8) is 0 Å². The highest BCUT2D eigenvalue weighted by molar-refractivity contribution is 7.07. The lowest BCUT2D eigenvalue weighted by atomic mass is 9.97. The predicted octanol–water partition coefficient (Wildman–Crippen LogP) is 2.85. The van der Waals surface area contributed by atoms with Crippen LogP contribution in [0.4, 0.5) is 0 Å². The molecule has 0 aliphatic carbocycles. The Morgan fingerprint density at radius 3 is 2.67 bits per heavy atom. The van der Waals surface area contributed by atoms with E-state index < -0.39 is 12.0 Å². The van der Waals surface area contributed by atoms with Crippen LogP contribution in [0.5, 0.6) is 0 Å². The third-order valence-electron chi connectivity index (χ3n) is 3.45. The fourth-order valence-corrected chi connectivity index (χ4v) is 2.82. The van der Waals surface area contributed by atoms with E-state index in [9.17, 15) is 14.7 Å². The van der Waals surface area contributed by atoms with Gasteiger partial charge in [-0.2, -0.15) is 11.3 Å². The molecule has 0 aliphatic rings. The van der Waals surface area contributed by atoms with Crippen LogP contribution in [0, 0.1) is 13.8 Å². The van der Waals surface area contributed by atoms with E-state index in [-0.39, 0.29) is 12.3 Å². The summed E-state index contributed by atoms with van der Waals surface area (Å²) in [5, 5.41) is 15.8. The number of rotatable bonds is 5. The Labute approximate surface area is 127 Å². The van der Waals surface area contributed by atoms with Gasteiger partial charge in [-0.1, -0.05) is 18.2 Å². The van der Waals surface area contributed by atoms with Crippen LogP contribution < -0.4 is 5.32 Å². The molecule has 1 aromatic carbocycles. The summed E-state index contributed by atoms with van der Waals surface area (Å²) in [5.74, 6) is -1.34. The minimum absolute atomic E-state index is 0.193. The summed E-state index contributed by atoms with van der Waals surface area (Å²) in [6, 6.07) is 6.31. The van der Waals surface area contributed by atoms with Gasteiger partial charge in [-0.3, -0.25) is 4.79 Å². The molecule has 2 N–H and O–H groups in total. The number of carbonyl (C=O) groups excluding carboxylic acids is 1. The number of hydrogen-bond acceptors (Lipinski definition) is 3. The van der Waals surface area contributed by atoms with Gasteiger partial charge >= 0.3 is 5.97 Å². The van der Waals surface area contributed by atoms with Gasteiger partial charge in [0.15, 0.2) is 6.04 Å². The minimum atomic E-state index is -1.05. The summed E-state index contributed by atoms with van der Waals surface area (Å²) in [5.41, 5.74) is 3.41. The van der Waals surface area contributed by atoms with Gasteiger partial charge in [-0.25, -0.2) is 4.79 Å². The average Bonchev–Trinajstić information content (AvgIpc) is 2.92. The molecule has 0 aliphatic heterocycles. The molecule has 5 heteroatoms. The summed E-state index contributed by atoms with van der Waals surface area (Å²) in [4.78, 5) is 23.5. The number of nitrogens with one attached hydrogen (secondary N) is 1. The van der Waals surface area contributed by atoms with Gasteiger partial charge < -0.3 is 10.4 Å². The quantitative estimate of drug-likeness (QED) is 0.892. The van der Waals surface area contributed by atoms with Crippen LogP contribution in [-0.4, -0.2) is 17.0 Å². The van der Waals surface area contributed by atoms with E-state index in [0.717, 1.165) is 16.7 Å². The highest BCUT2D eigenvalue weighted by atomic mass is 32.1. The van der Waals surface area contributed by atoms with Crippen LogP contribution in [0.1, 0.15) is 28.3 Å². The molecule has 21 heavy (non-hydrogen) atoms. The van der Waals surface area contributed by atoms with Crippen LogP contribution in [0.25, 0.3) is 0 Å². The van der Waals surface area contributed by atoms with E-state index >= 15 is 0 Å². The summed E-state index contributed by atoms with van der Waals surface area (Å²) >= 11 is 1.51. The molecule has 0 bridgehead atoms. The van der Waals surface area contributed by atoms with Gasteiger partial charge in [-0.05, 0) is 52.9 Å². The normalized spacial score (nSPS) is 11.9. The smallest absolute Gasteiger partial charge is 0.330 e. The number of aliphatic carboxylic acids is 1. The third-order valence-corrected chi connectivity index (χ3v) is 4.19. The van der Waals surface area contributed by atoms with Crippen molar-refractivity contribution in [3.05, 3.63) is 57.3 Å². The van der Waals surface area contributed by atoms with E-state index in [1.807, 2.05) is 36.7 Å². The summed E-state index contributed by atoms with van der Waals surface area (Å²) in [7, 11) is 0. The van der Waals surface area contributed by atoms with Crippen molar-refractivity contribution in [1.29, 1.82) is 0 Å². The molecule has 1 amide bonds. The van der Waals surface area contributed by atoms with Crippen molar-refractivity contribution >= 4 is 23.2 Å². The molecule has 110 valence electrons.